The number of rotatable bonds is 5. The number of nitrogens with zero attached hydrogens (tertiary/aromatic N) is 4. The lowest BCUT2D eigenvalue weighted by Gasteiger charge is -2.12. The van der Waals surface area contributed by atoms with Crippen LogP contribution in [0.2, 0.25) is 0 Å². The molecule has 0 aliphatic rings. The summed E-state index contributed by atoms with van der Waals surface area (Å²) in [7, 11) is 0. The largest absolute Gasteiger partial charge is 0.492 e. The first-order valence-electron chi connectivity index (χ1n) is 10.4. The van der Waals surface area contributed by atoms with Gasteiger partial charge in [-0.3, -0.25) is 19.8 Å². The summed E-state index contributed by atoms with van der Waals surface area (Å²) in [5.41, 5.74) is 3.83. The second-order valence-corrected chi connectivity index (χ2v) is 8.90. The topological polar surface area (TPSA) is 129 Å². The smallest absolute Gasteiger partial charge is 0.281 e. The van der Waals surface area contributed by atoms with Gasteiger partial charge in [-0.15, -0.1) is 0 Å². The van der Waals surface area contributed by atoms with Gasteiger partial charge in [0.2, 0.25) is 5.88 Å². The summed E-state index contributed by atoms with van der Waals surface area (Å²) in [6, 6.07) is 8.99. The van der Waals surface area contributed by atoms with Gasteiger partial charge in [0.15, 0.2) is 0 Å². The average molecular weight is 464 g/mol. The van der Waals surface area contributed by atoms with Crippen molar-refractivity contribution in [2.24, 2.45) is 0 Å². The van der Waals surface area contributed by atoms with E-state index < -0.39 is 0 Å². The van der Waals surface area contributed by atoms with Crippen molar-refractivity contribution in [3.05, 3.63) is 58.7 Å². The van der Waals surface area contributed by atoms with Crippen LogP contribution in [0.5, 0.6) is 5.88 Å². The summed E-state index contributed by atoms with van der Waals surface area (Å²) in [5.74, 6) is -0.0228. The van der Waals surface area contributed by atoms with Crippen LogP contribution in [0.25, 0.3) is 10.9 Å². The van der Waals surface area contributed by atoms with Crippen molar-refractivity contribution in [3.63, 3.8) is 0 Å². The Morgan fingerprint density at radius 3 is 2.67 bits per heavy atom. The van der Waals surface area contributed by atoms with Crippen molar-refractivity contribution in [3.8, 4) is 5.88 Å². The molecule has 0 spiro atoms. The van der Waals surface area contributed by atoms with Crippen molar-refractivity contribution >= 4 is 45.0 Å². The first-order valence-corrected chi connectivity index (χ1v) is 11.2. The molecule has 4 rings (SSSR count). The highest BCUT2D eigenvalue weighted by Crippen LogP contribution is 2.32. The molecule has 0 amide bonds. The number of aromatic nitrogens is 4. The molecule has 0 aliphatic carbocycles. The lowest BCUT2D eigenvalue weighted by molar-refractivity contribution is 0.0958. The average Bonchev–Trinajstić information content (AvgIpc) is 3.26. The van der Waals surface area contributed by atoms with E-state index in [1.54, 1.807) is 22.8 Å². The highest BCUT2D eigenvalue weighted by atomic mass is 32.1. The molecule has 0 saturated carbocycles. The van der Waals surface area contributed by atoms with Crippen LogP contribution in [-0.4, -0.2) is 41.8 Å². The zero-order valence-corrected chi connectivity index (χ0v) is 19.8. The molecule has 0 unspecified atom stereocenters. The van der Waals surface area contributed by atoms with Gasteiger partial charge < -0.3 is 15.7 Å². The number of pyridine rings is 2. The van der Waals surface area contributed by atoms with E-state index in [-0.39, 0.29) is 34.9 Å². The van der Waals surface area contributed by atoms with Crippen LogP contribution < -0.4 is 10.6 Å². The summed E-state index contributed by atoms with van der Waals surface area (Å²) in [6.45, 7) is 9.52. The van der Waals surface area contributed by atoms with Gasteiger partial charge in [-0.05, 0) is 70.4 Å². The number of nitrogens with one attached hydrogen (secondary N) is 3. The van der Waals surface area contributed by atoms with Gasteiger partial charge in [0.1, 0.15) is 27.9 Å². The third kappa shape index (κ3) is 4.29. The van der Waals surface area contributed by atoms with Crippen LogP contribution in [-0.2, 0) is 0 Å². The highest BCUT2D eigenvalue weighted by molar-refractivity contribution is 7.11. The van der Waals surface area contributed by atoms with Gasteiger partial charge in [-0.1, -0.05) is 6.07 Å². The van der Waals surface area contributed by atoms with E-state index in [0.29, 0.717) is 10.8 Å². The van der Waals surface area contributed by atoms with Gasteiger partial charge in [-0.2, -0.15) is 4.37 Å². The van der Waals surface area contributed by atoms with Crippen molar-refractivity contribution in [1.82, 2.24) is 24.2 Å². The van der Waals surface area contributed by atoms with Gasteiger partial charge in [-0.25, -0.2) is 4.98 Å². The summed E-state index contributed by atoms with van der Waals surface area (Å²) in [6.07, 6.45) is 0. The molecule has 0 fully saturated rings. The Balaban J connectivity index is 1.68. The molecule has 4 aromatic rings. The number of anilines is 2. The van der Waals surface area contributed by atoms with E-state index in [9.17, 15) is 9.90 Å². The lowest BCUT2D eigenvalue weighted by Crippen LogP contribution is -2.30. The van der Waals surface area contributed by atoms with E-state index in [1.165, 1.54) is 0 Å². The summed E-state index contributed by atoms with van der Waals surface area (Å²) < 4.78 is 5.60. The third-order valence-electron chi connectivity index (χ3n) is 5.07. The Labute approximate surface area is 195 Å². The van der Waals surface area contributed by atoms with Crippen LogP contribution in [0.3, 0.4) is 0 Å². The fraction of sp³-hybridized carbons (Fsp3) is 0.261. The minimum atomic E-state index is -0.252. The van der Waals surface area contributed by atoms with Crippen molar-refractivity contribution in [1.29, 1.82) is 5.41 Å². The van der Waals surface area contributed by atoms with Crippen LogP contribution in [0.15, 0.2) is 30.3 Å². The van der Waals surface area contributed by atoms with E-state index in [1.807, 2.05) is 46.8 Å². The number of hydrogen-bond donors (Lipinski definition) is 4. The third-order valence-corrected chi connectivity index (χ3v) is 5.83. The number of carbonyl (C=O) groups is 1. The molecule has 0 saturated heterocycles. The standard InChI is InChI=1S/C23H25N7O2S/c1-11(2)25-20(24)19-21(31)29-33-22(19)28-18-8-6-7-16(27-18)23(32)30-13(4)10-15-14(5)26-12(3)9-17(15)30/h6-11H,1-5H3,(H2,24,25)(H,27,28)(H,29,31). The highest BCUT2D eigenvalue weighted by Gasteiger charge is 2.21. The van der Waals surface area contributed by atoms with Gasteiger partial charge in [0, 0.05) is 28.5 Å². The zero-order chi connectivity index (χ0) is 23.9. The molecule has 4 N–H and O–H groups in total. The Morgan fingerprint density at radius 2 is 1.94 bits per heavy atom. The number of amidine groups is 1. The Kier molecular flexibility index (Phi) is 5.86. The molecule has 0 aliphatic heterocycles. The molecule has 9 nitrogen and oxygen atoms in total. The quantitative estimate of drug-likeness (QED) is 0.257. The monoisotopic (exact) mass is 463 g/mol. The maximum atomic E-state index is 13.4. The van der Waals surface area contributed by atoms with Crippen LogP contribution in [0.4, 0.5) is 10.8 Å². The van der Waals surface area contributed by atoms with Crippen LogP contribution >= 0.6 is 11.5 Å². The summed E-state index contributed by atoms with van der Waals surface area (Å²) >= 11 is 1.02. The number of carbonyl (C=O) groups excluding carboxylic acids is 1. The van der Waals surface area contributed by atoms with Gasteiger partial charge >= 0.3 is 0 Å². The first kappa shape index (κ1) is 22.4. The SMILES string of the molecule is Cc1cc2c(cc(C)n2C(=O)c2cccc(Nc3snc(O)c3C(=N)NC(C)C)n2)c(C)n1. The zero-order valence-electron chi connectivity index (χ0n) is 19.0. The molecular weight excluding hydrogens is 438 g/mol. The minimum Gasteiger partial charge on any atom is -0.492 e. The number of hydrogen-bond acceptors (Lipinski definition) is 8. The normalized spacial score (nSPS) is 11.2. The van der Waals surface area contributed by atoms with Gasteiger partial charge in [0.05, 0.1) is 5.52 Å². The van der Waals surface area contributed by atoms with Crippen molar-refractivity contribution in [2.75, 3.05) is 5.32 Å². The van der Waals surface area contributed by atoms with Crippen molar-refractivity contribution < 1.29 is 9.90 Å². The van der Waals surface area contributed by atoms with E-state index in [4.69, 9.17) is 5.41 Å². The molecule has 0 radical (unpaired) electrons. The molecule has 170 valence electrons. The molecule has 0 atom stereocenters. The summed E-state index contributed by atoms with van der Waals surface area (Å²) in [5, 5.41) is 25.8. The predicted octanol–water partition coefficient (Wildman–Crippen LogP) is 4.27. The Bertz CT molecular complexity index is 1390. The van der Waals surface area contributed by atoms with E-state index >= 15 is 0 Å². The van der Waals surface area contributed by atoms with Crippen LogP contribution in [0.1, 0.15) is 47.0 Å². The second kappa shape index (κ2) is 8.62. The molecule has 0 aromatic carbocycles. The number of aryl methyl sites for hydroxylation is 3. The van der Waals surface area contributed by atoms with E-state index in [0.717, 1.165) is 39.5 Å². The fourth-order valence-corrected chi connectivity index (χ4v) is 4.43. The number of fused-ring (bicyclic) bond motifs is 1. The predicted molar refractivity (Wildman–Crippen MR) is 130 cm³/mol. The molecule has 4 aromatic heterocycles. The maximum absolute atomic E-state index is 13.4. The van der Waals surface area contributed by atoms with Crippen molar-refractivity contribution in [2.45, 2.75) is 40.7 Å². The van der Waals surface area contributed by atoms with Crippen LogP contribution in [0, 0.1) is 26.2 Å². The lowest BCUT2D eigenvalue weighted by atomic mass is 10.2. The molecule has 4 heterocycles. The Morgan fingerprint density at radius 1 is 1.18 bits per heavy atom. The number of aromatic hydroxyl groups is 1. The maximum Gasteiger partial charge on any atom is 0.281 e. The molecular formula is C23H25N7O2S. The molecule has 10 heteroatoms. The Hall–Kier alpha value is -3.79. The second-order valence-electron chi connectivity index (χ2n) is 8.13. The molecule has 33 heavy (non-hydrogen) atoms. The fourth-order valence-electron chi connectivity index (χ4n) is 3.72. The summed E-state index contributed by atoms with van der Waals surface area (Å²) in [4.78, 5) is 22.4. The van der Waals surface area contributed by atoms with Gasteiger partial charge in [0.25, 0.3) is 5.91 Å². The van der Waals surface area contributed by atoms with E-state index in [2.05, 4.69) is 25.0 Å². The first-order chi connectivity index (χ1) is 15.7. The molecule has 0 bridgehead atoms. The minimum absolute atomic E-state index is 0.0193.